The van der Waals surface area contributed by atoms with Gasteiger partial charge in [0.25, 0.3) is 0 Å². The zero-order valence-electron chi connectivity index (χ0n) is 25.4. The van der Waals surface area contributed by atoms with Gasteiger partial charge in [-0.3, -0.25) is 14.7 Å². The SMILES string of the molecule is O=C(O)Nc1ccc(CCCCn2c(=O)oc3cc(CNCC(O)c4ccc(O)c5[nH]c(=O)ccc45)ccc32)cc1-c1ccccc1. The van der Waals surface area contributed by atoms with Crippen molar-refractivity contribution in [3.63, 3.8) is 0 Å². The third kappa shape index (κ3) is 7.11. The van der Waals surface area contributed by atoms with Crippen LogP contribution in [0.4, 0.5) is 10.5 Å². The first kappa shape index (κ1) is 31.3. The van der Waals surface area contributed by atoms with Crippen molar-refractivity contribution >= 4 is 33.8 Å². The highest BCUT2D eigenvalue weighted by Crippen LogP contribution is 2.30. The lowest BCUT2D eigenvalue weighted by molar-refractivity contribution is 0.176. The number of unbranched alkanes of at least 4 members (excludes halogenated alkanes) is 1. The summed E-state index contributed by atoms with van der Waals surface area (Å²) in [6.45, 7) is 1.12. The van der Waals surface area contributed by atoms with Gasteiger partial charge in [0.05, 0.1) is 22.8 Å². The summed E-state index contributed by atoms with van der Waals surface area (Å²) in [6, 6.07) is 26.9. The molecular formula is C36H34N4O7. The van der Waals surface area contributed by atoms with Crippen molar-refractivity contribution in [3.05, 3.63) is 129 Å². The van der Waals surface area contributed by atoms with Crippen molar-refractivity contribution in [2.24, 2.45) is 0 Å². The van der Waals surface area contributed by atoms with Gasteiger partial charge in [0, 0.05) is 36.7 Å². The molecule has 1 amide bonds. The summed E-state index contributed by atoms with van der Waals surface area (Å²) >= 11 is 0. The van der Waals surface area contributed by atoms with Crippen LogP contribution in [0.1, 0.15) is 35.6 Å². The van der Waals surface area contributed by atoms with E-state index in [9.17, 15) is 29.7 Å². The number of carbonyl (C=O) groups is 1. The number of rotatable bonds is 12. The topological polar surface area (TPSA) is 170 Å². The quantitative estimate of drug-likeness (QED) is 0.0926. The number of fused-ring (bicyclic) bond motifs is 2. The van der Waals surface area contributed by atoms with Crippen molar-refractivity contribution in [1.29, 1.82) is 0 Å². The van der Waals surface area contributed by atoms with Crippen molar-refractivity contribution in [2.75, 3.05) is 11.9 Å². The van der Waals surface area contributed by atoms with E-state index in [1.165, 1.54) is 12.1 Å². The Morgan fingerprint density at radius 3 is 2.53 bits per heavy atom. The lowest BCUT2D eigenvalue weighted by Crippen LogP contribution is -2.21. The van der Waals surface area contributed by atoms with Crippen molar-refractivity contribution < 1.29 is 24.5 Å². The van der Waals surface area contributed by atoms with Crippen LogP contribution in [-0.2, 0) is 19.5 Å². The number of aliphatic hydroxyl groups excluding tert-OH is 1. The van der Waals surface area contributed by atoms with E-state index in [0.717, 1.165) is 41.5 Å². The second kappa shape index (κ2) is 13.8. The molecule has 240 valence electrons. The minimum absolute atomic E-state index is 0.0669. The van der Waals surface area contributed by atoms with Crippen molar-refractivity contribution in [3.8, 4) is 16.9 Å². The maximum Gasteiger partial charge on any atom is 0.419 e. The molecule has 0 spiro atoms. The van der Waals surface area contributed by atoms with E-state index in [1.807, 2.05) is 60.7 Å². The number of aromatic nitrogens is 2. The number of aliphatic hydroxyl groups is 1. The predicted octanol–water partition coefficient (Wildman–Crippen LogP) is 5.74. The fraction of sp³-hybridized carbons (Fsp3) is 0.194. The van der Waals surface area contributed by atoms with Crippen LogP contribution in [0.3, 0.4) is 0 Å². The second-order valence-corrected chi connectivity index (χ2v) is 11.4. The van der Waals surface area contributed by atoms with Crippen LogP contribution in [0.15, 0.2) is 105 Å². The molecule has 0 bridgehead atoms. The number of aromatic amines is 1. The summed E-state index contributed by atoms with van der Waals surface area (Å²) in [6.07, 6.45) is 0.309. The van der Waals surface area contributed by atoms with Crippen LogP contribution in [0, 0.1) is 0 Å². The zero-order chi connectivity index (χ0) is 32.9. The minimum atomic E-state index is -1.12. The number of phenols is 1. The fourth-order valence-corrected chi connectivity index (χ4v) is 5.87. The standard InChI is InChI=1S/C36H34N4O7/c41-30-15-11-25(26-12-16-33(43)39-34(26)30)31(42)21-37-20-23-10-14-29-32(19-23)47-36(46)40(29)17-5-4-6-22-9-13-28(38-35(44)45)27(18-22)24-7-2-1-3-8-24/h1-3,7-16,18-19,31,37-38,41-42H,4-6,17,20-21H2,(H,39,43)(H,44,45). The Bertz CT molecular complexity index is 2170. The number of benzene rings is 4. The second-order valence-electron chi connectivity index (χ2n) is 11.4. The minimum Gasteiger partial charge on any atom is -0.506 e. The Kier molecular flexibility index (Phi) is 9.18. The first-order valence-electron chi connectivity index (χ1n) is 15.3. The third-order valence-electron chi connectivity index (χ3n) is 8.17. The Labute approximate surface area is 268 Å². The highest BCUT2D eigenvalue weighted by molar-refractivity contribution is 5.91. The molecule has 0 aliphatic carbocycles. The molecule has 0 radical (unpaired) electrons. The van der Waals surface area contributed by atoms with Gasteiger partial charge in [-0.1, -0.05) is 48.5 Å². The maximum absolute atomic E-state index is 12.7. The average molecular weight is 635 g/mol. The molecule has 6 rings (SSSR count). The number of nitrogens with one attached hydrogen (secondary N) is 3. The average Bonchev–Trinajstić information content (AvgIpc) is 3.37. The Balaban J connectivity index is 1.06. The van der Waals surface area contributed by atoms with Gasteiger partial charge >= 0.3 is 11.8 Å². The molecule has 4 aromatic carbocycles. The van der Waals surface area contributed by atoms with Gasteiger partial charge in [0.1, 0.15) is 5.75 Å². The maximum atomic E-state index is 12.7. The van der Waals surface area contributed by atoms with Gasteiger partial charge in [-0.2, -0.15) is 0 Å². The van der Waals surface area contributed by atoms with E-state index in [2.05, 4.69) is 15.6 Å². The number of oxazole rings is 1. The van der Waals surface area contributed by atoms with Crippen LogP contribution in [0.5, 0.6) is 5.75 Å². The van der Waals surface area contributed by atoms with Crippen molar-refractivity contribution in [1.82, 2.24) is 14.9 Å². The summed E-state index contributed by atoms with van der Waals surface area (Å²) in [4.78, 5) is 38.3. The van der Waals surface area contributed by atoms with Crippen LogP contribution in [0.25, 0.3) is 33.1 Å². The summed E-state index contributed by atoms with van der Waals surface area (Å²) < 4.78 is 7.18. The molecule has 0 fully saturated rings. The molecule has 2 heterocycles. The van der Waals surface area contributed by atoms with Crippen LogP contribution in [-0.4, -0.2) is 37.5 Å². The Morgan fingerprint density at radius 2 is 1.72 bits per heavy atom. The van der Waals surface area contributed by atoms with Crippen LogP contribution < -0.4 is 21.9 Å². The summed E-state index contributed by atoms with van der Waals surface area (Å²) in [5.41, 5.74) is 5.91. The summed E-state index contributed by atoms with van der Waals surface area (Å²) in [5, 5.41) is 36.4. The molecule has 11 heteroatoms. The number of aryl methyl sites for hydroxylation is 2. The number of pyridine rings is 1. The molecule has 1 atom stereocenters. The van der Waals surface area contributed by atoms with E-state index in [1.54, 1.807) is 22.8 Å². The molecular weight excluding hydrogens is 600 g/mol. The number of anilines is 1. The molecule has 0 saturated carbocycles. The number of hydrogen-bond acceptors (Lipinski definition) is 7. The molecule has 6 aromatic rings. The normalized spacial score (nSPS) is 12.0. The number of carboxylic acid groups (broad SMARTS) is 1. The first-order valence-corrected chi connectivity index (χ1v) is 15.3. The molecule has 6 N–H and O–H groups in total. The van der Waals surface area contributed by atoms with E-state index in [0.29, 0.717) is 40.8 Å². The highest BCUT2D eigenvalue weighted by Gasteiger charge is 2.15. The van der Waals surface area contributed by atoms with E-state index >= 15 is 0 Å². The number of amides is 1. The van der Waals surface area contributed by atoms with E-state index < -0.39 is 18.0 Å². The van der Waals surface area contributed by atoms with Gasteiger partial charge in [0.2, 0.25) is 5.56 Å². The van der Waals surface area contributed by atoms with Crippen LogP contribution >= 0.6 is 0 Å². The molecule has 0 aliphatic heterocycles. The Hall–Kier alpha value is -5.65. The molecule has 2 aromatic heterocycles. The van der Waals surface area contributed by atoms with E-state index in [4.69, 9.17) is 4.42 Å². The van der Waals surface area contributed by atoms with Gasteiger partial charge < -0.3 is 30.0 Å². The molecule has 0 aliphatic rings. The number of nitrogens with zero attached hydrogens (tertiary/aromatic N) is 1. The molecule has 11 nitrogen and oxygen atoms in total. The van der Waals surface area contributed by atoms with E-state index in [-0.39, 0.29) is 23.4 Å². The lowest BCUT2D eigenvalue weighted by Gasteiger charge is -2.15. The van der Waals surface area contributed by atoms with Crippen LogP contribution in [0.2, 0.25) is 0 Å². The molecule has 47 heavy (non-hydrogen) atoms. The smallest absolute Gasteiger partial charge is 0.419 e. The largest absolute Gasteiger partial charge is 0.506 e. The lowest BCUT2D eigenvalue weighted by atomic mass is 9.98. The van der Waals surface area contributed by atoms with Gasteiger partial charge in [0.15, 0.2) is 5.58 Å². The number of phenolic OH excluding ortho intramolecular Hbond substituents is 1. The molecule has 1 unspecified atom stereocenters. The van der Waals surface area contributed by atoms with Gasteiger partial charge in [-0.05, 0) is 77.9 Å². The zero-order valence-corrected chi connectivity index (χ0v) is 25.4. The Morgan fingerprint density at radius 1 is 0.915 bits per heavy atom. The first-order chi connectivity index (χ1) is 22.8. The monoisotopic (exact) mass is 634 g/mol. The molecule has 0 saturated heterocycles. The van der Waals surface area contributed by atoms with Gasteiger partial charge in [-0.15, -0.1) is 0 Å². The number of aromatic hydroxyl groups is 1. The predicted molar refractivity (Wildman–Crippen MR) is 180 cm³/mol. The summed E-state index contributed by atoms with van der Waals surface area (Å²) in [7, 11) is 0. The van der Waals surface area contributed by atoms with Crippen molar-refractivity contribution in [2.45, 2.75) is 38.5 Å². The number of H-pyrrole nitrogens is 1. The highest BCUT2D eigenvalue weighted by atomic mass is 16.4. The summed E-state index contributed by atoms with van der Waals surface area (Å²) in [5.74, 6) is -0.490. The third-order valence-corrected chi connectivity index (χ3v) is 8.17. The van der Waals surface area contributed by atoms with Gasteiger partial charge in [-0.25, -0.2) is 9.59 Å². The number of hydrogen-bond donors (Lipinski definition) is 6. The fourth-order valence-electron chi connectivity index (χ4n) is 5.87.